The summed E-state index contributed by atoms with van der Waals surface area (Å²) in [6.07, 6.45) is -3.69. The van der Waals surface area contributed by atoms with Crippen molar-refractivity contribution in [3.63, 3.8) is 0 Å². The second-order valence-corrected chi connectivity index (χ2v) is 4.41. The summed E-state index contributed by atoms with van der Waals surface area (Å²) in [5.41, 5.74) is 0. The minimum atomic E-state index is -4.66. The van der Waals surface area contributed by atoms with E-state index in [0.29, 0.717) is 18.3 Å². The Morgan fingerprint density at radius 2 is 1.72 bits per heavy atom. The standard InChI is InChI=1S/C12H14BrF3O2/c1-2-9(7-13)8-17-10-3-5-11(6-4-10)18-12(14,15)16/h3-6,9H,2,7-8H2,1H3. The fourth-order valence-electron chi connectivity index (χ4n) is 1.22. The molecule has 0 amide bonds. The molecule has 0 saturated heterocycles. The topological polar surface area (TPSA) is 18.5 Å². The molecular weight excluding hydrogens is 313 g/mol. The molecule has 0 N–H and O–H groups in total. The van der Waals surface area contributed by atoms with Crippen LogP contribution in [0.3, 0.4) is 0 Å². The SMILES string of the molecule is CCC(CBr)COc1ccc(OC(F)(F)F)cc1. The normalized spacial score (nSPS) is 13.2. The number of hydrogen-bond donors (Lipinski definition) is 0. The Morgan fingerprint density at radius 3 is 2.17 bits per heavy atom. The first-order valence-corrected chi connectivity index (χ1v) is 6.61. The number of benzene rings is 1. The molecule has 0 aliphatic heterocycles. The molecule has 0 saturated carbocycles. The minimum absolute atomic E-state index is 0.248. The molecule has 0 aliphatic carbocycles. The Kier molecular flexibility index (Phi) is 5.78. The van der Waals surface area contributed by atoms with E-state index in [0.717, 1.165) is 11.8 Å². The van der Waals surface area contributed by atoms with Crippen molar-refractivity contribution in [1.82, 2.24) is 0 Å². The van der Waals surface area contributed by atoms with Crippen molar-refractivity contribution >= 4 is 15.9 Å². The molecule has 2 nitrogen and oxygen atoms in total. The second kappa shape index (κ2) is 6.87. The molecule has 0 heterocycles. The van der Waals surface area contributed by atoms with Crippen LogP contribution in [-0.4, -0.2) is 18.3 Å². The highest BCUT2D eigenvalue weighted by molar-refractivity contribution is 9.09. The van der Waals surface area contributed by atoms with E-state index in [-0.39, 0.29) is 5.75 Å². The summed E-state index contributed by atoms with van der Waals surface area (Å²) >= 11 is 3.37. The summed E-state index contributed by atoms with van der Waals surface area (Å²) in [6.45, 7) is 2.58. The summed E-state index contributed by atoms with van der Waals surface area (Å²) in [4.78, 5) is 0. The highest BCUT2D eigenvalue weighted by atomic mass is 79.9. The van der Waals surface area contributed by atoms with Crippen molar-refractivity contribution in [2.45, 2.75) is 19.7 Å². The van der Waals surface area contributed by atoms with Gasteiger partial charge in [0, 0.05) is 11.2 Å². The summed E-state index contributed by atoms with van der Waals surface area (Å²) in [5.74, 6) is 0.669. The lowest BCUT2D eigenvalue weighted by Gasteiger charge is -2.13. The van der Waals surface area contributed by atoms with Crippen molar-refractivity contribution in [2.75, 3.05) is 11.9 Å². The Labute approximate surface area is 112 Å². The van der Waals surface area contributed by atoms with Gasteiger partial charge < -0.3 is 9.47 Å². The molecule has 1 aromatic carbocycles. The van der Waals surface area contributed by atoms with E-state index < -0.39 is 6.36 Å². The van der Waals surface area contributed by atoms with E-state index in [1.807, 2.05) is 0 Å². The lowest BCUT2D eigenvalue weighted by atomic mass is 10.1. The zero-order valence-corrected chi connectivity index (χ0v) is 11.4. The van der Waals surface area contributed by atoms with Crippen LogP contribution in [0.4, 0.5) is 13.2 Å². The fraction of sp³-hybridized carbons (Fsp3) is 0.500. The van der Waals surface area contributed by atoms with Crippen LogP contribution in [0.25, 0.3) is 0 Å². The van der Waals surface area contributed by atoms with E-state index in [9.17, 15) is 13.2 Å². The fourth-order valence-corrected chi connectivity index (χ4v) is 1.87. The summed E-state index contributed by atoms with van der Waals surface area (Å²) in [5, 5.41) is 0.832. The van der Waals surface area contributed by atoms with Crippen LogP contribution in [0.1, 0.15) is 13.3 Å². The van der Waals surface area contributed by atoms with Crippen LogP contribution in [0.2, 0.25) is 0 Å². The third-order valence-corrected chi connectivity index (χ3v) is 3.25. The quantitative estimate of drug-likeness (QED) is 0.722. The van der Waals surface area contributed by atoms with Crippen LogP contribution >= 0.6 is 15.9 Å². The van der Waals surface area contributed by atoms with Crippen LogP contribution in [0, 0.1) is 5.92 Å². The van der Waals surface area contributed by atoms with Gasteiger partial charge in [-0.15, -0.1) is 13.2 Å². The van der Waals surface area contributed by atoms with Crippen molar-refractivity contribution < 1.29 is 22.6 Å². The molecule has 1 rings (SSSR count). The van der Waals surface area contributed by atoms with Gasteiger partial charge in [-0.2, -0.15) is 0 Å². The Morgan fingerprint density at radius 1 is 1.17 bits per heavy atom. The van der Waals surface area contributed by atoms with Gasteiger partial charge in [0.05, 0.1) is 6.61 Å². The predicted molar refractivity (Wildman–Crippen MR) is 66.2 cm³/mol. The van der Waals surface area contributed by atoms with E-state index >= 15 is 0 Å². The van der Waals surface area contributed by atoms with Crippen LogP contribution in [-0.2, 0) is 0 Å². The van der Waals surface area contributed by atoms with E-state index in [1.165, 1.54) is 24.3 Å². The molecule has 1 atom stereocenters. The smallest absolute Gasteiger partial charge is 0.493 e. The predicted octanol–water partition coefficient (Wildman–Crippen LogP) is 4.39. The summed E-state index contributed by atoms with van der Waals surface area (Å²) in [6, 6.07) is 5.39. The van der Waals surface area contributed by atoms with E-state index in [2.05, 4.69) is 27.6 Å². The van der Waals surface area contributed by atoms with Gasteiger partial charge in [-0.25, -0.2) is 0 Å². The van der Waals surface area contributed by atoms with Gasteiger partial charge in [-0.3, -0.25) is 0 Å². The van der Waals surface area contributed by atoms with Crippen LogP contribution in [0.5, 0.6) is 11.5 Å². The maximum absolute atomic E-state index is 11.9. The number of rotatable bonds is 6. The first-order chi connectivity index (χ1) is 8.44. The first kappa shape index (κ1) is 15.1. The Balaban J connectivity index is 2.50. The lowest BCUT2D eigenvalue weighted by molar-refractivity contribution is -0.274. The molecular formula is C12H14BrF3O2. The Bertz CT molecular complexity index is 347. The van der Waals surface area contributed by atoms with Crippen molar-refractivity contribution in [3.05, 3.63) is 24.3 Å². The molecule has 0 spiro atoms. The third kappa shape index (κ3) is 5.62. The molecule has 6 heteroatoms. The summed E-state index contributed by atoms with van der Waals surface area (Å²) < 4.78 is 45.0. The molecule has 102 valence electrons. The number of alkyl halides is 4. The average molecular weight is 327 g/mol. The van der Waals surface area contributed by atoms with Gasteiger partial charge in [-0.1, -0.05) is 22.9 Å². The van der Waals surface area contributed by atoms with Crippen molar-refractivity contribution in [3.8, 4) is 11.5 Å². The van der Waals surface area contributed by atoms with Crippen molar-refractivity contribution in [1.29, 1.82) is 0 Å². The van der Waals surface area contributed by atoms with E-state index in [4.69, 9.17) is 4.74 Å². The Hall–Kier alpha value is -0.910. The minimum Gasteiger partial charge on any atom is -0.493 e. The second-order valence-electron chi connectivity index (χ2n) is 3.76. The van der Waals surface area contributed by atoms with Gasteiger partial charge in [0.25, 0.3) is 0 Å². The molecule has 1 aromatic rings. The third-order valence-electron chi connectivity index (χ3n) is 2.34. The molecule has 1 unspecified atom stereocenters. The van der Waals surface area contributed by atoms with E-state index in [1.54, 1.807) is 0 Å². The average Bonchev–Trinajstić information content (AvgIpc) is 2.30. The monoisotopic (exact) mass is 326 g/mol. The highest BCUT2D eigenvalue weighted by Gasteiger charge is 2.30. The molecule has 0 aliphatic rings. The highest BCUT2D eigenvalue weighted by Crippen LogP contribution is 2.25. The largest absolute Gasteiger partial charge is 0.573 e. The van der Waals surface area contributed by atoms with Gasteiger partial charge in [0.2, 0.25) is 0 Å². The van der Waals surface area contributed by atoms with Gasteiger partial charge in [0.15, 0.2) is 0 Å². The molecule has 0 aromatic heterocycles. The zero-order chi connectivity index (χ0) is 13.6. The van der Waals surface area contributed by atoms with Crippen LogP contribution in [0.15, 0.2) is 24.3 Å². The van der Waals surface area contributed by atoms with Gasteiger partial charge in [0.1, 0.15) is 11.5 Å². The number of halogens is 4. The van der Waals surface area contributed by atoms with Gasteiger partial charge in [-0.05, 0) is 30.7 Å². The number of hydrogen-bond acceptors (Lipinski definition) is 2. The zero-order valence-electron chi connectivity index (χ0n) is 9.84. The van der Waals surface area contributed by atoms with Crippen LogP contribution < -0.4 is 9.47 Å². The lowest BCUT2D eigenvalue weighted by Crippen LogP contribution is -2.17. The summed E-state index contributed by atoms with van der Waals surface area (Å²) in [7, 11) is 0. The molecule has 0 radical (unpaired) electrons. The first-order valence-electron chi connectivity index (χ1n) is 5.49. The number of ether oxygens (including phenoxy) is 2. The maximum atomic E-state index is 11.9. The molecule has 0 bridgehead atoms. The van der Waals surface area contributed by atoms with Crippen molar-refractivity contribution in [2.24, 2.45) is 5.92 Å². The molecule has 18 heavy (non-hydrogen) atoms. The molecule has 0 fully saturated rings. The maximum Gasteiger partial charge on any atom is 0.573 e. The van der Waals surface area contributed by atoms with Gasteiger partial charge >= 0.3 is 6.36 Å².